The molecule has 0 saturated carbocycles. The van der Waals surface area contributed by atoms with Gasteiger partial charge in [0.05, 0.1) is 29.8 Å². The summed E-state index contributed by atoms with van der Waals surface area (Å²) >= 11 is 3.39. The van der Waals surface area contributed by atoms with Gasteiger partial charge in [-0.05, 0) is 72.8 Å². The number of benzene rings is 2. The largest absolute Gasteiger partial charge is 0.507 e. The number of likely N-dealkylation sites (N-methyl/N-ethyl adjacent to an activating group) is 1. The van der Waals surface area contributed by atoms with Gasteiger partial charge in [0.15, 0.2) is 11.5 Å². The second kappa shape index (κ2) is 10.3. The second-order valence-corrected chi connectivity index (χ2v) is 8.66. The molecule has 1 heterocycles. The minimum absolute atomic E-state index is 0.0241. The summed E-state index contributed by atoms with van der Waals surface area (Å²) in [5.41, 5.74) is 0.884. The summed E-state index contributed by atoms with van der Waals surface area (Å²) in [6.45, 7) is 2.92. The van der Waals surface area contributed by atoms with Crippen molar-refractivity contribution in [2.75, 3.05) is 40.9 Å². The van der Waals surface area contributed by atoms with Crippen LogP contribution in [0.3, 0.4) is 0 Å². The quantitative estimate of drug-likeness (QED) is 0.313. The number of rotatable bonds is 8. The van der Waals surface area contributed by atoms with Gasteiger partial charge in [-0.2, -0.15) is 0 Å². The van der Waals surface area contributed by atoms with Gasteiger partial charge in [0.1, 0.15) is 11.5 Å². The molecular weight excluding hydrogens is 492 g/mol. The van der Waals surface area contributed by atoms with Crippen molar-refractivity contribution in [3.8, 4) is 17.2 Å². The Bertz CT molecular complexity index is 1100. The number of hydrogen-bond acceptors (Lipinski definition) is 7. The van der Waals surface area contributed by atoms with Crippen LogP contribution in [-0.4, -0.2) is 72.6 Å². The predicted molar refractivity (Wildman–Crippen MR) is 128 cm³/mol. The Balaban J connectivity index is 2.18. The van der Waals surface area contributed by atoms with Crippen LogP contribution in [0.15, 0.2) is 46.4 Å². The van der Waals surface area contributed by atoms with E-state index in [4.69, 9.17) is 9.47 Å². The number of carbonyl (C=O) groups is 2. The number of Topliss-reactive ketones (excluding diaryl/α,β-unsaturated/α-hetero) is 1. The number of phenols is 1. The van der Waals surface area contributed by atoms with Crippen LogP contribution in [0.1, 0.15) is 24.1 Å². The van der Waals surface area contributed by atoms with Gasteiger partial charge in [-0.25, -0.2) is 0 Å². The van der Waals surface area contributed by atoms with E-state index in [1.54, 1.807) is 37.3 Å². The first-order valence-corrected chi connectivity index (χ1v) is 11.2. The maximum atomic E-state index is 13.1. The van der Waals surface area contributed by atoms with Crippen molar-refractivity contribution in [1.29, 1.82) is 0 Å². The van der Waals surface area contributed by atoms with Crippen LogP contribution in [0.4, 0.5) is 0 Å². The molecule has 8 nitrogen and oxygen atoms in total. The van der Waals surface area contributed by atoms with Crippen LogP contribution >= 0.6 is 15.9 Å². The summed E-state index contributed by atoms with van der Waals surface area (Å²) in [5, 5.41) is 21.3. The Kier molecular flexibility index (Phi) is 7.65. The number of aliphatic hydroxyl groups excluding tert-OH is 1. The molecule has 1 fully saturated rings. The first-order chi connectivity index (χ1) is 15.7. The van der Waals surface area contributed by atoms with E-state index in [0.717, 1.165) is 0 Å². The fraction of sp³-hybridized carbons (Fsp3) is 0.333. The summed E-state index contributed by atoms with van der Waals surface area (Å²) in [5.74, 6) is -1.00. The number of nitrogens with zero attached hydrogens (tertiary/aromatic N) is 2. The molecular formula is C24H27BrN2O6. The highest BCUT2D eigenvalue weighted by atomic mass is 79.9. The van der Waals surface area contributed by atoms with E-state index in [1.807, 2.05) is 19.0 Å². The van der Waals surface area contributed by atoms with Crippen molar-refractivity contribution in [1.82, 2.24) is 9.80 Å². The Hall–Kier alpha value is -3.04. The second-order valence-electron chi connectivity index (χ2n) is 7.81. The molecule has 2 N–H and O–H groups in total. The molecule has 1 saturated heterocycles. The number of amides is 1. The lowest BCUT2D eigenvalue weighted by Crippen LogP contribution is -2.35. The van der Waals surface area contributed by atoms with E-state index < -0.39 is 17.7 Å². The molecule has 1 aliphatic rings. The molecule has 1 aliphatic heterocycles. The van der Waals surface area contributed by atoms with Crippen molar-refractivity contribution in [2.24, 2.45) is 0 Å². The van der Waals surface area contributed by atoms with E-state index in [0.29, 0.717) is 34.5 Å². The number of aliphatic hydroxyl groups is 1. The zero-order chi connectivity index (χ0) is 24.3. The van der Waals surface area contributed by atoms with Crippen LogP contribution in [0, 0.1) is 0 Å². The van der Waals surface area contributed by atoms with Gasteiger partial charge in [0.2, 0.25) is 0 Å². The molecule has 2 aromatic carbocycles. The molecule has 0 aliphatic carbocycles. The number of ketones is 1. The molecule has 0 aromatic heterocycles. The Morgan fingerprint density at radius 2 is 1.88 bits per heavy atom. The number of carbonyl (C=O) groups excluding carboxylic acids is 2. The van der Waals surface area contributed by atoms with Crippen molar-refractivity contribution in [2.45, 2.75) is 13.0 Å². The zero-order valence-corrected chi connectivity index (χ0v) is 20.5. The maximum absolute atomic E-state index is 13.1. The molecule has 1 amide bonds. The van der Waals surface area contributed by atoms with Crippen LogP contribution in [0.5, 0.6) is 17.2 Å². The lowest BCUT2D eigenvalue weighted by molar-refractivity contribution is -0.140. The summed E-state index contributed by atoms with van der Waals surface area (Å²) in [4.78, 5) is 29.4. The number of hydrogen-bond donors (Lipinski definition) is 2. The molecule has 2 aromatic rings. The molecule has 9 heteroatoms. The third-order valence-electron chi connectivity index (χ3n) is 5.35. The number of halogens is 1. The van der Waals surface area contributed by atoms with Gasteiger partial charge < -0.3 is 29.5 Å². The van der Waals surface area contributed by atoms with Crippen LogP contribution in [0.25, 0.3) is 5.76 Å². The molecule has 1 unspecified atom stereocenters. The van der Waals surface area contributed by atoms with E-state index in [2.05, 4.69) is 15.9 Å². The highest BCUT2D eigenvalue weighted by molar-refractivity contribution is 9.10. The molecule has 0 spiro atoms. The molecule has 33 heavy (non-hydrogen) atoms. The van der Waals surface area contributed by atoms with Crippen LogP contribution in [-0.2, 0) is 9.59 Å². The molecule has 3 rings (SSSR count). The third-order valence-corrected chi connectivity index (χ3v) is 5.97. The number of methoxy groups -OCH3 is 1. The summed E-state index contributed by atoms with van der Waals surface area (Å²) in [7, 11) is 5.26. The van der Waals surface area contributed by atoms with E-state index in [-0.39, 0.29) is 29.4 Å². The van der Waals surface area contributed by atoms with Crippen molar-refractivity contribution in [3.05, 3.63) is 57.6 Å². The summed E-state index contributed by atoms with van der Waals surface area (Å²) < 4.78 is 11.3. The molecule has 1 atom stereocenters. The van der Waals surface area contributed by atoms with Crippen molar-refractivity contribution < 1.29 is 29.3 Å². The SMILES string of the molecule is CCOc1cc(C2/C(=C(/O)c3ccc(OC)c(Br)c3)C(=O)C(=O)N2CCN(C)C)ccc1O. The molecule has 176 valence electrons. The van der Waals surface area contributed by atoms with Gasteiger partial charge in [0.25, 0.3) is 11.7 Å². The normalized spacial score (nSPS) is 17.6. The fourth-order valence-corrected chi connectivity index (χ4v) is 4.25. The van der Waals surface area contributed by atoms with Crippen molar-refractivity contribution in [3.63, 3.8) is 0 Å². The van der Waals surface area contributed by atoms with E-state index in [9.17, 15) is 19.8 Å². The van der Waals surface area contributed by atoms with E-state index >= 15 is 0 Å². The minimum Gasteiger partial charge on any atom is -0.507 e. The lowest BCUT2D eigenvalue weighted by atomic mass is 9.95. The number of phenolic OH excluding ortho intramolecular Hbond substituents is 1. The molecule has 0 radical (unpaired) electrons. The highest BCUT2D eigenvalue weighted by Crippen LogP contribution is 2.42. The summed E-state index contributed by atoms with van der Waals surface area (Å²) in [6, 6.07) is 8.72. The van der Waals surface area contributed by atoms with Gasteiger partial charge in [-0.3, -0.25) is 9.59 Å². The van der Waals surface area contributed by atoms with Crippen LogP contribution in [0.2, 0.25) is 0 Å². The standard InChI is InChI=1S/C24H27BrN2O6/c1-5-33-19-13-14(6-8-17(19)28)21-20(23(30)24(31)27(21)11-10-26(2)3)22(29)15-7-9-18(32-4)16(25)12-15/h6-9,12-13,21,28-29H,5,10-11H2,1-4H3/b22-20-. The smallest absolute Gasteiger partial charge is 0.295 e. The number of likely N-dealkylation sites (tertiary alicyclic amines) is 1. The average Bonchev–Trinajstić information content (AvgIpc) is 3.03. The van der Waals surface area contributed by atoms with Gasteiger partial charge in [-0.1, -0.05) is 6.07 Å². The van der Waals surface area contributed by atoms with E-state index in [1.165, 1.54) is 18.1 Å². The van der Waals surface area contributed by atoms with Gasteiger partial charge >= 0.3 is 0 Å². The average molecular weight is 519 g/mol. The predicted octanol–water partition coefficient (Wildman–Crippen LogP) is 3.55. The monoisotopic (exact) mass is 518 g/mol. The maximum Gasteiger partial charge on any atom is 0.295 e. The number of aromatic hydroxyl groups is 1. The number of ether oxygens (including phenoxy) is 2. The van der Waals surface area contributed by atoms with Gasteiger partial charge in [-0.15, -0.1) is 0 Å². The van der Waals surface area contributed by atoms with Crippen LogP contribution < -0.4 is 9.47 Å². The third kappa shape index (κ3) is 4.99. The Morgan fingerprint density at radius 3 is 2.48 bits per heavy atom. The lowest BCUT2D eigenvalue weighted by Gasteiger charge is -2.27. The summed E-state index contributed by atoms with van der Waals surface area (Å²) in [6.07, 6.45) is 0. The fourth-order valence-electron chi connectivity index (χ4n) is 3.71. The minimum atomic E-state index is -0.842. The van der Waals surface area contributed by atoms with Gasteiger partial charge in [0, 0.05) is 18.7 Å². The zero-order valence-electron chi connectivity index (χ0n) is 19.0. The highest BCUT2D eigenvalue weighted by Gasteiger charge is 2.46. The molecule has 0 bridgehead atoms. The first-order valence-electron chi connectivity index (χ1n) is 10.4. The van der Waals surface area contributed by atoms with Crippen molar-refractivity contribution >= 4 is 33.4 Å². The first kappa shape index (κ1) is 24.6. The topological polar surface area (TPSA) is 99.5 Å². The Morgan fingerprint density at radius 1 is 1.15 bits per heavy atom. The Labute approximate surface area is 201 Å².